The summed E-state index contributed by atoms with van der Waals surface area (Å²) in [6.45, 7) is 1.45. The van der Waals surface area contributed by atoms with Crippen molar-refractivity contribution in [2.24, 2.45) is 0 Å². The fourth-order valence-corrected chi connectivity index (χ4v) is 1.49. The van der Waals surface area contributed by atoms with Crippen LogP contribution in [-0.4, -0.2) is 17.6 Å². The minimum atomic E-state index is -5.06. The van der Waals surface area contributed by atoms with E-state index in [1.807, 2.05) is 0 Å². The molecule has 0 radical (unpaired) electrons. The summed E-state index contributed by atoms with van der Waals surface area (Å²) in [6, 6.07) is 0.0536. The van der Waals surface area contributed by atoms with Crippen LogP contribution >= 0.6 is 0 Å². The Kier molecular flexibility index (Phi) is 4.85. The number of H-pyrrole nitrogens is 1. The highest BCUT2D eigenvalue weighted by Crippen LogP contribution is 2.30. The van der Waals surface area contributed by atoms with E-state index in [1.165, 1.54) is 6.92 Å². The Morgan fingerprint density at radius 2 is 2.00 bits per heavy atom. The molecule has 4 nitrogen and oxygen atoms in total. The lowest BCUT2D eigenvalue weighted by Crippen LogP contribution is -2.25. The number of aromatic nitrogens is 1. The van der Waals surface area contributed by atoms with Gasteiger partial charge in [0, 0.05) is 11.3 Å². The fourth-order valence-electron chi connectivity index (χ4n) is 1.49. The molecule has 9 heteroatoms. The minimum absolute atomic E-state index is 0.0201. The number of esters is 1. The van der Waals surface area contributed by atoms with E-state index < -0.39 is 47.4 Å². The first-order chi connectivity index (χ1) is 9.16. The number of alkyl halides is 5. The van der Waals surface area contributed by atoms with Crippen molar-refractivity contribution in [3.05, 3.63) is 33.2 Å². The summed E-state index contributed by atoms with van der Waals surface area (Å²) in [5, 5.41) is 0. The molecule has 0 amide bonds. The van der Waals surface area contributed by atoms with Crippen LogP contribution in [-0.2, 0) is 22.1 Å². The molecule has 0 aliphatic heterocycles. The lowest BCUT2D eigenvalue weighted by Gasteiger charge is -2.12. The van der Waals surface area contributed by atoms with E-state index >= 15 is 0 Å². The van der Waals surface area contributed by atoms with Gasteiger partial charge in [0.25, 0.3) is 12.0 Å². The van der Waals surface area contributed by atoms with Gasteiger partial charge in [-0.25, -0.2) is 8.78 Å². The van der Waals surface area contributed by atoms with Crippen LogP contribution in [0.5, 0.6) is 0 Å². The number of pyridine rings is 1. The third-order valence-electron chi connectivity index (χ3n) is 2.32. The van der Waals surface area contributed by atoms with Crippen LogP contribution in [0, 0.1) is 0 Å². The van der Waals surface area contributed by atoms with Gasteiger partial charge in [0.2, 0.25) is 0 Å². The second kappa shape index (κ2) is 6.02. The molecule has 0 saturated carbocycles. The molecule has 0 aliphatic carbocycles. The standard InChI is InChI=1S/C11H10F5NO3/c1-2-20-8(18)4-7-5(9(12)13)3-6(10(19)17-7)11(14,15)16/h3,9H,2,4H2,1H3,(H,17,19). The van der Waals surface area contributed by atoms with E-state index in [9.17, 15) is 31.5 Å². The van der Waals surface area contributed by atoms with Gasteiger partial charge in [-0.15, -0.1) is 0 Å². The molecule has 0 aromatic carbocycles. The number of rotatable bonds is 4. The topological polar surface area (TPSA) is 59.2 Å². The van der Waals surface area contributed by atoms with Crippen LogP contribution in [0.2, 0.25) is 0 Å². The third-order valence-corrected chi connectivity index (χ3v) is 2.32. The molecule has 1 rings (SSSR count). The van der Waals surface area contributed by atoms with Crippen molar-refractivity contribution in [2.75, 3.05) is 6.61 Å². The number of halogens is 5. The Hall–Kier alpha value is -1.93. The fraction of sp³-hybridized carbons (Fsp3) is 0.455. The molecular weight excluding hydrogens is 289 g/mol. The van der Waals surface area contributed by atoms with Gasteiger partial charge < -0.3 is 9.72 Å². The monoisotopic (exact) mass is 299 g/mol. The van der Waals surface area contributed by atoms with Crippen molar-refractivity contribution < 1.29 is 31.5 Å². The predicted molar refractivity (Wildman–Crippen MR) is 57.4 cm³/mol. The predicted octanol–water partition coefficient (Wildman–Crippen LogP) is 2.44. The van der Waals surface area contributed by atoms with Crippen LogP contribution in [0.25, 0.3) is 0 Å². The summed E-state index contributed by atoms with van der Waals surface area (Å²) in [5.41, 5.74) is -4.96. The maximum Gasteiger partial charge on any atom is 0.421 e. The first-order valence-electron chi connectivity index (χ1n) is 5.43. The van der Waals surface area contributed by atoms with E-state index in [-0.39, 0.29) is 12.7 Å². The molecule has 0 aliphatic rings. The quantitative estimate of drug-likeness (QED) is 0.686. The smallest absolute Gasteiger partial charge is 0.421 e. The highest BCUT2D eigenvalue weighted by molar-refractivity contribution is 5.72. The molecule has 0 atom stereocenters. The zero-order chi connectivity index (χ0) is 15.5. The van der Waals surface area contributed by atoms with Gasteiger partial charge in [-0.2, -0.15) is 13.2 Å². The summed E-state index contributed by atoms with van der Waals surface area (Å²) in [4.78, 5) is 24.1. The molecule has 0 spiro atoms. The second-order valence-electron chi connectivity index (χ2n) is 3.73. The summed E-state index contributed by atoms with van der Waals surface area (Å²) in [6.07, 6.45) is -9.06. The molecule has 1 aromatic rings. The van der Waals surface area contributed by atoms with Crippen LogP contribution in [0.3, 0.4) is 0 Å². The summed E-state index contributed by atoms with van der Waals surface area (Å²) < 4.78 is 67.3. The first kappa shape index (κ1) is 16.1. The average molecular weight is 299 g/mol. The van der Waals surface area contributed by atoms with E-state index in [0.29, 0.717) is 0 Å². The number of nitrogens with one attached hydrogen (secondary N) is 1. The van der Waals surface area contributed by atoms with E-state index in [0.717, 1.165) is 0 Å². The average Bonchev–Trinajstić information content (AvgIpc) is 2.26. The number of carbonyl (C=O) groups excluding carboxylic acids is 1. The number of ether oxygens (including phenoxy) is 1. The van der Waals surface area contributed by atoms with Crippen molar-refractivity contribution in [1.82, 2.24) is 4.98 Å². The highest BCUT2D eigenvalue weighted by Gasteiger charge is 2.35. The second-order valence-corrected chi connectivity index (χ2v) is 3.73. The lowest BCUT2D eigenvalue weighted by atomic mass is 10.1. The van der Waals surface area contributed by atoms with Crippen LogP contribution in [0.1, 0.15) is 30.2 Å². The molecule has 112 valence electrons. The van der Waals surface area contributed by atoms with Gasteiger partial charge in [-0.3, -0.25) is 9.59 Å². The number of hydrogen-bond donors (Lipinski definition) is 1. The van der Waals surface area contributed by atoms with Gasteiger partial charge in [-0.1, -0.05) is 0 Å². The largest absolute Gasteiger partial charge is 0.466 e. The van der Waals surface area contributed by atoms with E-state index in [4.69, 9.17) is 0 Å². The molecular formula is C11H10F5NO3. The first-order valence-corrected chi connectivity index (χ1v) is 5.43. The Labute approximate surface area is 109 Å². The molecule has 0 fully saturated rings. The molecule has 0 bridgehead atoms. The third kappa shape index (κ3) is 3.78. The maximum absolute atomic E-state index is 12.7. The Bertz CT molecular complexity index is 550. The molecule has 0 saturated heterocycles. The Balaban J connectivity index is 3.29. The summed E-state index contributed by atoms with van der Waals surface area (Å²) >= 11 is 0. The van der Waals surface area contributed by atoms with Gasteiger partial charge in [-0.05, 0) is 13.0 Å². The van der Waals surface area contributed by atoms with Crippen LogP contribution < -0.4 is 5.56 Å². The zero-order valence-corrected chi connectivity index (χ0v) is 10.2. The van der Waals surface area contributed by atoms with Gasteiger partial charge >= 0.3 is 12.1 Å². The van der Waals surface area contributed by atoms with Crippen molar-refractivity contribution in [3.8, 4) is 0 Å². The van der Waals surface area contributed by atoms with Crippen LogP contribution in [0.15, 0.2) is 10.9 Å². The van der Waals surface area contributed by atoms with Gasteiger partial charge in [0.1, 0.15) is 5.56 Å². The number of carbonyl (C=O) groups is 1. The SMILES string of the molecule is CCOC(=O)Cc1[nH]c(=O)c(C(F)(F)F)cc1C(F)F. The normalized spacial score (nSPS) is 11.8. The summed E-state index contributed by atoms with van der Waals surface area (Å²) in [7, 11) is 0. The van der Waals surface area contributed by atoms with Crippen molar-refractivity contribution in [1.29, 1.82) is 0 Å². The number of hydrogen-bond acceptors (Lipinski definition) is 3. The molecule has 0 unspecified atom stereocenters. The van der Waals surface area contributed by atoms with Crippen molar-refractivity contribution >= 4 is 5.97 Å². The van der Waals surface area contributed by atoms with E-state index in [1.54, 1.807) is 4.98 Å². The van der Waals surface area contributed by atoms with Crippen molar-refractivity contribution in [2.45, 2.75) is 25.9 Å². The molecule has 20 heavy (non-hydrogen) atoms. The van der Waals surface area contributed by atoms with E-state index in [2.05, 4.69) is 4.74 Å². The Morgan fingerprint density at radius 3 is 2.45 bits per heavy atom. The minimum Gasteiger partial charge on any atom is -0.466 e. The van der Waals surface area contributed by atoms with Gasteiger partial charge in [0.05, 0.1) is 13.0 Å². The summed E-state index contributed by atoms with van der Waals surface area (Å²) in [5.74, 6) is -0.926. The Morgan fingerprint density at radius 1 is 1.40 bits per heavy atom. The molecule has 1 N–H and O–H groups in total. The highest BCUT2D eigenvalue weighted by atomic mass is 19.4. The number of aromatic amines is 1. The zero-order valence-electron chi connectivity index (χ0n) is 10.2. The van der Waals surface area contributed by atoms with Gasteiger partial charge in [0.15, 0.2) is 0 Å². The van der Waals surface area contributed by atoms with Crippen molar-refractivity contribution in [3.63, 3.8) is 0 Å². The van der Waals surface area contributed by atoms with Crippen LogP contribution in [0.4, 0.5) is 22.0 Å². The molecule has 1 heterocycles. The lowest BCUT2D eigenvalue weighted by molar-refractivity contribution is -0.142. The maximum atomic E-state index is 12.7. The molecule has 1 aromatic heterocycles.